The molecule has 0 amide bonds. The van der Waals surface area contributed by atoms with Crippen LogP contribution >= 0.6 is 0 Å². The third-order valence-corrected chi connectivity index (χ3v) is 7.68. The average Bonchev–Trinajstić information content (AvgIpc) is 2.63. The van der Waals surface area contributed by atoms with Gasteiger partial charge in [-0.15, -0.1) is 6.58 Å². The van der Waals surface area contributed by atoms with Crippen molar-refractivity contribution in [3.63, 3.8) is 0 Å². The second-order valence-corrected chi connectivity index (χ2v) is 9.88. The van der Waals surface area contributed by atoms with E-state index in [2.05, 4.69) is 12.7 Å². The lowest BCUT2D eigenvalue weighted by Gasteiger charge is -2.37. The largest absolute Gasteiger partial charge is 0.294 e. The Kier molecular flexibility index (Phi) is 6.24. The highest BCUT2D eigenvalue weighted by Crippen LogP contribution is 2.42. The van der Waals surface area contributed by atoms with Crippen LogP contribution in [0.3, 0.4) is 0 Å². The summed E-state index contributed by atoms with van der Waals surface area (Å²) in [5.74, 6) is 3.14. The van der Waals surface area contributed by atoms with Crippen molar-refractivity contribution in [2.45, 2.75) is 69.6 Å². The van der Waals surface area contributed by atoms with Crippen molar-refractivity contribution < 1.29 is 13.0 Å². The lowest BCUT2D eigenvalue weighted by atomic mass is 9.68. The van der Waals surface area contributed by atoms with Crippen molar-refractivity contribution in [2.75, 3.05) is 0 Å². The number of hydrogen-bond donors (Lipinski definition) is 1. The minimum absolute atomic E-state index is 0.0192. The van der Waals surface area contributed by atoms with Crippen molar-refractivity contribution in [1.82, 2.24) is 0 Å². The van der Waals surface area contributed by atoms with E-state index in [9.17, 15) is 13.0 Å². The first-order valence-electron chi connectivity index (χ1n) is 10.1. The van der Waals surface area contributed by atoms with Gasteiger partial charge >= 0.3 is 0 Å². The topological polar surface area (TPSA) is 54.4 Å². The van der Waals surface area contributed by atoms with Gasteiger partial charge in [-0.1, -0.05) is 12.1 Å². The Bertz CT molecular complexity index is 722. The van der Waals surface area contributed by atoms with Gasteiger partial charge in [-0.2, -0.15) is 8.42 Å². The molecule has 0 atom stereocenters. The summed E-state index contributed by atoms with van der Waals surface area (Å²) in [4.78, 5) is 0.0192. The summed E-state index contributed by atoms with van der Waals surface area (Å²) in [5, 5.41) is 0. The van der Waals surface area contributed by atoms with Crippen molar-refractivity contribution in [1.29, 1.82) is 0 Å². The highest BCUT2D eigenvalue weighted by molar-refractivity contribution is 7.85. The Morgan fingerprint density at radius 3 is 2.15 bits per heavy atom. The van der Waals surface area contributed by atoms with E-state index in [1.807, 2.05) is 13.0 Å². The highest BCUT2D eigenvalue weighted by atomic mass is 32.2. The summed E-state index contributed by atoms with van der Waals surface area (Å²) in [7, 11) is -4.12. The fraction of sp³-hybridized carbons (Fsp3) is 0.636. The first-order chi connectivity index (χ1) is 12.4. The molecule has 0 aromatic heterocycles. The average molecular weight is 377 g/mol. The molecular formula is C22H32O3S. The van der Waals surface area contributed by atoms with Gasteiger partial charge in [0.1, 0.15) is 0 Å². The van der Waals surface area contributed by atoms with Crippen LogP contribution in [-0.2, 0) is 16.5 Å². The van der Waals surface area contributed by atoms with Crippen LogP contribution in [0.25, 0.3) is 0 Å². The molecule has 0 bridgehead atoms. The molecule has 3 nitrogen and oxygen atoms in total. The molecule has 1 aromatic carbocycles. The molecule has 26 heavy (non-hydrogen) atoms. The third-order valence-electron chi connectivity index (χ3n) is 6.83. The maximum Gasteiger partial charge on any atom is 0.294 e. The predicted molar refractivity (Wildman–Crippen MR) is 106 cm³/mol. The smallest absolute Gasteiger partial charge is 0.282 e. The summed E-state index contributed by atoms with van der Waals surface area (Å²) < 4.78 is 32.1. The van der Waals surface area contributed by atoms with E-state index >= 15 is 0 Å². The van der Waals surface area contributed by atoms with Crippen LogP contribution in [-0.4, -0.2) is 13.0 Å². The lowest BCUT2D eigenvalue weighted by Crippen LogP contribution is -2.26. The molecule has 1 aromatic rings. The maximum atomic E-state index is 11.4. The van der Waals surface area contributed by atoms with Crippen molar-refractivity contribution in [3.05, 3.63) is 42.0 Å². The molecule has 0 aliphatic heterocycles. The Labute approximate surface area is 158 Å². The molecular weight excluding hydrogens is 344 g/mol. The van der Waals surface area contributed by atoms with Gasteiger partial charge in [0.15, 0.2) is 0 Å². The van der Waals surface area contributed by atoms with E-state index in [0.717, 1.165) is 35.3 Å². The molecule has 144 valence electrons. The van der Waals surface area contributed by atoms with Crippen LogP contribution in [0.2, 0.25) is 0 Å². The Morgan fingerprint density at radius 1 is 1.04 bits per heavy atom. The van der Waals surface area contributed by atoms with Crippen LogP contribution in [0.1, 0.15) is 62.5 Å². The van der Waals surface area contributed by atoms with Gasteiger partial charge in [-0.25, -0.2) is 0 Å². The Morgan fingerprint density at radius 2 is 1.62 bits per heavy atom. The molecule has 1 N–H and O–H groups in total. The first-order valence-corrected chi connectivity index (χ1v) is 11.5. The standard InChI is InChI=1S/C22H32O3S/c1-3-17-5-9-19(10-6-17)20-11-7-18(8-12-20)14-21-15-22(26(23,24)25)13-4-16(21)2/h3-4,13,15,17-20H,1,5-12,14H2,2H3,(H,23,24,25). The molecule has 2 saturated carbocycles. The number of allylic oxidation sites excluding steroid dienone is 1. The molecule has 0 unspecified atom stereocenters. The minimum atomic E-state index is -4.12. The molecule has 2 fully saturated rings. The van der Waals surface area contributed by atoms with Crippen molar-refractivity contribution in [2.24, 2.45) is 23.7 Å². The van der Waals surface area contributed by atoms with E-state index in [-0.39, 0.29) is 4.90 Å². The zero-order valence-corrected chi connectivity index (χ0v) is 16.7. The monoisotopic (exact) mass is 376 g/mol. The lowest BCUT2D eigenvalue weighted by molar-refractivity contribution is 0.155. The zero-order chi connectivity index (χ0) is 18.7. The fourth-order valence-electron chi connectivity index (χ4n) is 5.06. The SMILES string of the molecule is C=CC1CCC(C2CCC(Cc3cc(S(=O)(=O)O)ccc3C)CC2)CC1. The van der Waals surface area contributed by atoms with Crippen LogP contribution in [0.15, 0.2) is 35.7 Å². The van der Waals surface area contributed by atoms with Crippen LogP contribution in [0.4, 0.5) is 0 Å². The molecule has 2 aliphatic rings. The highest BCUT2D eigenvalue weighted by Gasteiger charge is 2.30. The summed E-state index contributed by atoms with van der Waals surface area (Å²) in [6, 6.07) is 4.96. The summed E-state index contributed by atoms with van der Waals surface area (Å²) in [6.07, 6.45) is 13.5. The first kappa shape index (κ1) is 19.6. The van der Waals surface area contributed by atoms with Gasteiger partial charge < -0.3 is 0 Å². The zero-order valence-electron chi connectivity index (χ0n) is 15.9. The maximum absolute atomic E-state index is 11.4. The third kappa shape index (κ3) is 4.77. The fourth-order valence-corrected chi connectivity index (χ4v) is 5.59. The second kappa shape index (κ2) is 8.26. The van der Waals surface area contributed by atoms with Gasteiger partial charge in [0.2, 0.25) is 0 Å². The van der Waals surface area contributed by atoms with Crippen LogP contribution in [0, 0.1) is 30.6 Å². The van der Waals surface area contributed by atoms with E-state index in [0.29, 0.717) is 5.92 Å². The van der Waals surface area contributed by atoms with E-state index < -0.39 is 10.1 Å². The minimum Gasteiger partial charge on any atom is -0.282 e. The number of aryl methyl sites for hydroxylation is 1. The number of benzene rings is 1. The van der Waals surface area contributed by atoms with Crippen molar-refractivity contribution >= 4 is 10.1 Å². The molecule has 3 rings (SSSR count). The van der Waals surface area contributed by atoms with E-state index in [1.165, 1.54) is 57.4 Å². The second-order valence-electron chi connectivity index (χ2n) is 8.46. The van der Waals surface area contributed by atoms with E-state index in [4.69, 9.17) is 0 Å². The van der Waals surface area contributed by atoms with Gasteiger partial charge in [-0.05, 0) is 112 Å². The van der Waals surface area contributed by atoms with Crippen LogP contribution in [0.5, 0.6) is 0 Å². The van der Waals surface area contributed by atoms with E-state index in [1.54, 1.807) is 6.07 Å². The molecule has 0 spiro atoms. The van der Waals surface area contributed by atoms with Gasteiger partial charge in [0, 0.05) is 0 Å². The van der Waals surface area contributed by atoms with Crippen molar-refractivity contribution in [3.8, 4) is 0 Å². The predicted octanol–water partition coefficient (Wildman–Crippen LogP) is 5.58. The van der Waals surface area contributed by atoms with Gasteiger partial charge in [0.25, 0.3) is 10.1 Å². The summed E-state index contributed by atoms with van der Waals surface area (Å²) in [6.45, 7) is 5.97. The quantitative estimate of drug-likeness (QED) is 0.539. The van der Waals surface area contributed by atoms with Gasteiger partial charge in [-0.3, -0.25) is 4.55 Å². The molecule has 0 heterocycles. The summed E-state index contributed by atoms with van der Waals surface area (Å²) >= 11 is 0. The Balaban J connectivity index is 1.55. The summed E-state index contributed by atoms with van der Waals surface area (Å²) in [5.41, 5.74) is 2.18. The van der Waals surface area contributed by atoms with Crippen LogP contribution < -0.4 is 0 Å². The molecule has 4 heteroatoms. The number of hydrogen-bond acceptors (Lipinski definition) is 2. The normalized spacial score (nSPS) is 30.1. The van der Waals surface area contributed by atoms with Gasteiger partial charge in [0.05, 0.1) is 4.90 Å². The number of rotatable bonds is 5. The molecule has 0 radical (unpaired) electrons. The molecule has 2 aliphatic carbocycles. The molecule has 0 saturated heterocycles. The Hall–Kier alpha value is -1.13.